The van der Waals surface area contributed by atoms with Crippen LogP contribution in [0.1, 0.15) is 126 Å². The second-order valence-corrected chi connectivity index (χ2v) is 20.1. The van der Waals surface area contributed by atoms with Crippen LogP contribution < -0.4 is 31.2 Å². The minimum absolute atomic E-state index is 0. The molecule has 0 aliphatic rings. The third kappa shape index (κ3) is 35.2. The van der Waals surface area contributed by atoms with Crippen molar-refractivity contribution in [1.29, 1.82) is 0 Å². The topological polar surface area (TPSA) is 133 Å². The maximum absolute atomic E-state index is 11.5. The molecule has 2 amide bonds. The number of carbonyl (C=O) groups excluding carboxylic acids is 2. The van der Waals surface area contributed by atoms with Gasteiger partial charge in [-0.05, 0) is 106 Å². The van der Waals surface area contributed by atoms with E-state index in [2.05, 4.69) is 128 Å². The van der Waals surface area contributed by atoms with Gasteiger partial charge >= 0.3 is 12.2 Å². The van der Waals surface area contributed by atoms with Gasteiger partial charge < -0.3 is 40.6 Å². The van der Waals surface area contributed by atoms with Gasteiger partial charge in [0, 0.05) is 31.4 Å². The summed E-state index contributed by atoms with van der Waals surface area (Å²) in [7, 11) is 1.93. The average molecular weight is 981 g/mol. The van der Waals surface area contributed by atoms with Crippen LogP contribution in [0.3, 0.4) is 0 Å². The molecular formula is C50H86Cl4N4O6. The van der Waals surface area contributed by atoms with Crippen LogP contribution in [0.25, 0.3) is 0 Å². The fraction of sp³-hybridized carbons (Fsp3) is 0.600. The largest absolute Gasteiger partial charge is 0.492 e. The molecule has 14 heteroatoms. The molecule has 0 aliphatic heterocycles. The van der Waals surface area contributed by atoms with Gasteiger partial charge in [0.15, 0.2) is 0 Å². The number of hydrogen-bond donors (Lipinski definition) is 4. The van der Waals surface area contributed by atoms with Gasteiger partial charge in [0.25, 0.3) is 0 Å². The molecule has 3 aromatic carbocycles. The molecule has 10 nitrogen and oxygen atoms in total. The Morgan fingerprint density at radius 3 is 1.16 bits per heavy atom. The summed E-state index contributed by atoms with van der Waals surface area (Å²) in [5, 5.41) is 8.25. The number of alkyl carbamates (subject to hydrolysis) is 2. The quantitative estimate of drug-likeness (QED) is 0.110. The van der Waals surface area contributed by atoms with E-state index in [4.69, 9.17) is 47.9 Å². The van der Waals surface area contributed by atoms with Crippen molar-refractivity contribution >= 4 is 60.2 Å². The second-order valence-electron chi connectivity index (χ2n) is 19.4. The van der Waals surface area contributed by atoms with Gasteiger partial charge in [0.1, 0.15) is 35.9 Å². The summed E-state index contributed by atoms with van der Waals surface area (Å²) >= 11 is 10.4. The summed E-state index contributed by atoms with van der Waals surface area (Å²) in [4.78, 5) is 22.3. The molecule has 0 unspecified atom stereocenters. The van der Waals surface area contributed by atoms with Gasteiger partial charge in [-0.3, -0.25) is 0 Å². The molecule has 370 valence electrons. The molecule has 0 heterocycles. The number of halogens is 4. The second kappa shape index (κ2) is 34.2. The number of rotatable bonds is 11. The number of nitrogens with one attached hydrogen (secondary N) is 3. The number of alkyl halides is 2. The van der Waals surface area contributed by atoms with E-state index >= 15 is 0 Å². The van der Waals surface area contributed by atoms with E-state index in [9.17, 15) is 9.59 Å². The number of ether oxygens (including phenoxy) is 4. The first-order valence-electron chi connectivity index (χ1n) is 21.4. The van der Waals surface area contributed by atoms with Crippen molar-refractivity contribution in [3.8, 4) is 11.5 Å². The first-order chi connectivity index (χ1) is 28.5. The number of amides is 2. The number of aryl methyl sites for hydroxylation is 1. The molecule has 0 fully saturated rings. The number of likely N-dealkylation sites (N-methyl/N-ethyl adjacent to an activating group) is 1. The Labute approximate surface area is 411 Å². The van der Waals surface area contributed by atoms with Crippen LogP contribution in [0.5, 0.6) is 11.5 Å². The van der Waals surface area contributed by atoms with Gasteiger partial charge in [-0.1, -0.05) is 123 Å². The Bertz CT molecular complexity index is 1660. The van der Waals surface area contributed by atoms with E-state index in [1.54, 1.807) is 0 Å². The lowest BCUT2D eigenvalue weighted by Crippen LogP contribution is -2.34. The minimum Gasteiger partial charge on any atom is -0.492 e. The van der Waals surface area contributed by atoms with Crippen LogP contribution in [-0.4, -0.2) is 81.6 Å². The summed E-state index contributed by atoms with van der Waals surface area (Å²) in [5.74, 6) is 2.83. The zero-order chi connectivity index (χ0) is 48.2. The normalized spacial score (nSPS) is 10.9. The monoisotopic (exact) mass is 979 g/mol. The van der Waals surface area contributed by atoms with Crippen molar-refractivity contribution < 1.29 is 28.5 Å². The molecule has 0 saturated heterocycles. The van der Waals surface area contributed by atoms with E-state index in [0.717, 1.165) is 23.6 Å². The van der Waals surface area contributed by atoms with Crippen molar-refractivity contribution in [2.24, 2.45) is 5.73 Å². The van der Waals surface area contributed by atoms with E-state index in [1.165, 1.54) is 16.7 Å². The van der Waals surface area contributed by atoms with Crippen LogP contribution in [0, 0.1) is 6.92 Å². The van der Waals surface area contributed by atoms with Crippen molar-refractivity contribution in [1.82, 2.24) is 16.0 Å². The maximum Gasteiger partial charge on any atom is 0.407 e. The number of nitrogens with two attached hydrogens (primary N) is 1. The average Bonchev–Trinajstić information content (AvgIpc) is 3.14. The van der Waals surface area contributed by atoms with Gasteiger partial charge in [-0.15, -0.1) is 48.0 Å². The van der Waals surface area contributed by atoms with Gasteiger partial charge in [-0.2, -0.15) is 0 Å². The molecule has 64 heavy (non-hydrogen) atoms. The zero-order valence-corrected chi connectivity index (χ0v) is 45.3. The first kappa shape index (κ1) is 67.5. The van der Waals surface area contributed by atoms with E-state index in [0.29, 0.717) is 44.6 Å². The molecular weight excluding hydrogens is 894 g/mol. The van der Waals surface area contributed by atoms with Crippen molar-refractivity contribution in [2.45, 2.75) is 138 Å². The van der Waals surface area contributed by atoms with Crippen molar-refractivity contribution in [3.05, 3.63) is 95.1 Å². The Morgan fingerprint density at radius 1 is 0.531 bits per heavy atom. The molecule has 0 atom stereocenters. The van der Waals surface area contributed by atoms with E-state index < -0.39 is 23.4 Å². The maximum atomic E-state index is 11.5. The summed E-state index contributed by atoms with van der Waals surface area (Å²) in [6.07, 6.45) is -0.839. The highest BCUT2D eigenvalue weighted by atomic mass is 35.5. The Balaban J connectivity index is -0.000000372. The molecule has 5 N–H and O–H groups in total. The van der Waals surface area contributed by atoms with Gasteiger partial charge in [0.05, 0.1) is 6.54 Å². The highest BCUT2D eigenvalue weighted by molar-refractivity contribution is 6.18. The van der Waals surface area contributed by atoms with E-state index in [1.807, 2.05) is 78.9 Å². The van der Waals surface area contributed by atoms with Crippen LogP contribution in [0.2, 0.25) is 0 Å². The number of hydrogen-bond acceptors (Lipinski definition) is 8. The molecule has 0 saturated carbocycles. The molecule has 0 bridgehead atoms. The molecule has 3 rings (SSSR count). The zero-order valence-electron chi connectivity index (χ0n) is 42.2. The summed E-state index contributed by atoms with van der Waals surface area (Å²) in [6, 6.07) is 24.8. The van der Waals surface area contributed by atoms with E-state index in [-0.39, 0.29) is 41.1 Å². The molecule has 0 spiro atoms. The summed E-state index contributed by atoms with van der Waals surface area (Å²) in [5.41, 5.74) is 9.67. The van der Waals surface area contributed by atoms with Crippen molar-refractivity contribution in [2.75, 3.05) is 58.2 Å². The first-order valence-corrected chi connectivity index (χ1v) is 22.5. The highest BCUT2D eigenvalue weighted by Gasteiger charge is 2.20. The Kier molecular flexibility index (Phi) is 36.1. The lowest BCUT2D eigenvalue weighted by atomic mass is 9.84. The van der Waals surface area contributed by atoms with Gasteiger partial charge in [0.2, 0.25) is 0 Å². The lowest BCUT2D eigenvalue weighted by molar-refractivity contribution is 0.0513. The number of benzene rings is 3. The van der Waals surface area contributed by atoms with Crippen LogP contribution in [-0.2, 0) is 25.7 Å². The smallest absolute Gasteiger partial charge is 0.407 e. The Morgan fingerprint density at radius 2 is 0.859 bits per heavy atom. The molecule has 0 radical (unpaired) electrons. The third-order valence-electron chi connectivity index (χ3n) is 7.85. The SMILES string of the molecule is CC(C)(C)OC(=O)NCCCl.CC(C)(C)OC(=O)NCCOc1ccccc1C(C)(C)C.CNCCOc1ccccc1C(C)(C)C.Cc1ccccc1C(C)(C)C.Cl.Cl.NCCCl. The number of para-hydroxylation sites is 2. The van der Waals surface area contributed by atoms with Crippen LogP contribution in [0.4, 0.5) is 9.59 Å². The molecule has 0 aromatic heterocycles. The third-order valence-corrected chi connectivity index (χ3v) is 8.26. The highest BCUT2D eigenvalue weighted by Crippen LogP contribution is 2.32. The van der Waals surface area contributed by atoms with Crippen molar-refractivity contribution in [3.63, 3.8) is 0 Å². The predicted molar refractivity (Wildman–Crippen MR) is 279 cm³/mol. The predicted octanol–water partition coefficient (Wildman–Crippen LogP) is 12.5. The molecule has 0 aliphatic carbocycles. The van der Waals surface area contributed by atoms with Crippen LogP contribution in [0.15, 0.2) is 72.8 Å². The van der Waals surface area contributed by atoms with Gasteiger partial charge in [-0.25, -0.2) is 9.59 Å². The fourth-order valence-corrected chi connectivity index (χ4v) is 5.29. The Hall–Kier alpha value is -3.12. The standard InChI is InChI=1S/C17H27NO3.C13H21NO.C11H16.C7H14ClNO2.C2H6ClN.2ClH/c1-16(2,3)13-9-7-8-10-14(13)20-12-11-18-15(19)21-17(4,5)6;1-13(2,3)11-7-5-6-8-12(11)15-10-9-14-4;1-9-7-5-6-8-10(9)11(2,3)4;1-7(2,3)11-6(10)9-5-4-8;3-1-2-4;;/h7-10H,11-12H2,1-6H3,(H,18,19);5-8,14H,9-10H2,1-4H3;5-8H,1-4H3;4-5H2,1-3H3,(H,9,10);1-2,4H2;2*1H. The number of carbonyl (C=O) groups is 2. The van der Waals surface area contributed by atoms with Crippen LogP contribution >= 0.6 is 48.0 Å². The summed E-state index contributed by atoms with van der Waals surface area (Å²) in [6.45, 7) is 36.3. The lowest BCUT2D eigenvalue weighted by Gasteiger charge is -2.23. The molecule has 3 aromatic rings. The summed E-state index contributed by atoms with van der Waals surface area (Å²) < 4.78 is 21.6. The fourth-order valence-electron chi connectivity index (χ4n) is 5.19. The minimum atomic E-state index is -0.482.